The Morgan fingerprint density at radius 2 is 1.05 bits per heavy atom. The lowest BCUT2D eigenvalue weighted by molar-refractivity contribution is 0.490. The highest BCUT2D eigenvalue weighted by atomic mass is 32.2. The molecule has 0 aliphatic heterocycles. The second-order valence-corrected chi connectivity index (χ2v) is 5.25. The molecule has 4 heteroatoms. The lowest BCUT2D eigenvalue weighted by atomic mass is 10.1. The van der Waals surface area contributed by atoms with Gasteiger partial charge < -0.3 is 0 Å². The van der Waals surface area contributed by atoms with Crippen LogP contribution < -0.4 is 0 Å². The third-order valence-corrected chi connectivity index (χ3v) is 1.66. The quantitative estimate of drug-likeness (QED) is 0.730. The minimum Gasteiger partial charge on any atom is -0.286 e. The maximum Gasteiger partial charge on any atom is 0.261 e. The van der Waals surface area contributed by atoms with Crippen LogP contribution in [0.5, 0.6) is 0 Å². The molecule has 0 fully saturated rings. The molecule has 0 radical (unpaired) electrons. The van der Waals surface area contributed by atoms with E-state index in [1.54, 1.807) is 0 Å². The fourth-order valence-corrected chi connectivity index (χ4v) is 1.13. The molecule has 0 spiro atoms. The predicted molar refractivity (Wildman–Crippen MR) is 84.1 cm³/mol. The molecule has 0 saturated carbocycles. The molecule has 0 unspecified atom stereocenters. The molecule has 3 nitrogen and oxygen atoms in total. The third-order valence-electron chi connectivity index (χ3n) is 1.66. The van der Waals surface area contributed by atoms with Gasteiger partial charge in [0.2, 0.25) is 0 Å². The topological polar surface area (TPSA) is 54.4 Å². The van der Waals surface area contributed by atoms with E-state index in [1.807, 2.05) is 0 Å². The summed E-state index contributed by atoms with van der Waals surface area (Å²) in [6.45, 7) is 4.25. The van der Waals surface area contributed by atoms with Crippen LogP contribution in [0, 0.1) is 0 Å². The number of benzene rings is 2. The predicted octanol–water partition coefficient (Wildman–Crippen LogP) is 4.40. The fraction of sp³-hybridized carbons (Fsp3) is 0.333. The molecule has 0 aliphatic rings. The van der Waals surface area contributed by atoms with Gasteiger partial charge in [-0.1, -0.05) is 76.2 Å². The Morgan fingerprint density at radius 3 is 1.21 bits per heavy atom. The van der Waals surface area contributed by atoms with Crippen molar-refractivity contribution >= 4 is 20.9 Å². The Balaban J connectivity index is 0. The summed E-state index contributed by atoms with van der Waals surface area (Å²) in [5.74, 6) is 0. The molecule has 0 aromatic heterocycles. The largest absolute Gasteiger partial charge is 0.286 e. The average molecular weight is 284 g/mol. The Morgan fingerprint density at radius 1 is 0.895 bits per heavy atom. The summed E-state index contributed by atoms with van der Waals surface area (Å²) >= 11 is 0. The highest BCUT2D eigenvalue weighted by Gasteiger charge is 1.85. The first-order valence-corrected chi connectivity index (χ1v) is 7.59. The first kappa shape index (κ1) is 19.9. The molecule has 2 aromatic carbocycles. The lowest BCUT2D eigenvalue weighted by Gasteiger charge is -1.92. The van der Waals surface area contributed by atoms with Crippen molar-refractivity contribution in [3.63, 3.8) is 0 Å². The Bertz CT molecular complexity index is 475. The van der Waals surface area contributed by atoms with Gasteiger partial charge in [0, 0.05) is 0 Å². The van der Waals surface area contributed by atoms with Gasteiger partial charge in [0.15, 0.2) is 0 Å². The summed E-state index contributed by atoms with van der Waals surface area (Å²) in [5, 5.41) is 2.62. The molecule has 0 heterocycles. The van der Waals surface area contributed by atoms with Gasteiger partial charge in [-0.2, -0.15) is 8.42 Å². The van der Waals surface area contributed by atoms with Crippen molar-refractivity contribution in [2.24, 2.45) is 0 Å². The standard InChI is InChI=1S/C10H8.C3H8.CH4O3S.CH4/c1-2-6-10-8-4-3-7-9(10)5-1;1-3-2;1-5(2,3)4;/h1-8H;3H2,1-2H3;1H3,(H,2,3,4);1H4. The molecular formula is C15H24O3S. The van der Waals surface area contributed by atoms with Crippen molar-refractivity contribution in [2.75, 3.05) is 6.26 Å². The Hall–Kier alpha value is -1.39. The normalized spacial score (nSPS) is 9.26. The molecule has 2 rings (SSSR count). The lowest BCUT2D eigenvalue weighted by Crippen LogP contribution is -1.88. The number of hydrogen-bond acceptors (Lipinski definition) is 2. The van der Waals surface area contributed by atoms with Gasteiger partial charge in [0.25, 0.3) is 10.1 Å². The molecule has 0 saturated heterocycles. The van der Waals surface area contributed by atoms with Crippen LogP contribution >= 0.6 is 0 Å². The van der Waals surface area contributed by atoms with Crippen molar-refractivity contribution in [1.82, 2.24) is 0 Å². The van der Waals surface area contributed by atoms with E-state index < -0.39 is 10.1 Å². The number of rotatable bonds is 0. The second-order valence-electron chi connectivity index (χ2n) is 3.79. The first-order chi connectivity index (χ1) is 8.38. The SMILES string of the molecule is C.CCC.CS(=O)(=O)O.c1ccc2ccccc2c1. The highest BCUT2D eigenvalue weighted by molar-refractivity contribution is 7.85. The van der Waals surface area contributed by atoms with Gasteiger partial charge in [0.1, 0.15) is 0 Å². The van der Waals surface area contributed by atoms with E-state index in [0.717, 1.165) is 0 Å². The van der Waals surface area contributed by atoms with E-state index in [9.17, 15) is 8.42 Å². The van der Waals surface area contributed by atoms with Crippen LogP contribution in [-0.4, -0.2) is 19.2 Å². The van der Waals surface area contributed by atoms with Gasteiger partial charge in [-0.3, -0.25) is 4.55 Å². The van der Waals surface area contributed by atoms with Crippen LogP contribution in [-0.2, 0) is 10.1 Å². The summed E-state index contributed by atoms with van der Waals surface area (Å²) in [7, 11) is -3.67. The van der Waals surface area contributed by atoms with Crippen LogP contribution in [0.1, 0.15) is 27.7 Å². The van der Waals surface area contributed by atoms with Crippen molar-refractivity contribution in [3.05, 3.63) is 48.5 Å². The van der Waals surface area contributed by atoms with E-state index >= 15 is 0 Å². The average Bonchev–Trinajstić information content (AvgIpc) is 2.28. The number of hydrogen-bond donors (Lipinski definition) is 1. The zero-order chi connectivity index (χ0) is 14.0. The Kier molecular flexibility index (Phi) is 11.0. The fourth-order valence-electron chi connectivity index (χ4n) is 1.13. The molecule has 108 valence electrons. The maximum atomic E-state index is 9.19. The second kappa shape index (κ2) is 10.5. The monoisotopic (exact) mass is 284 g/mol. The summed E-state index contributed by atoms with van der Waals surface area (Å²) in [4.78, 5) is 0. The van der Waals surface area contributed by atoms with E-state index in [-0.39, 0.29) is 7.43 Å². The molecule has 19 heavy (non-hydrogen) atoms. The van der Waals surface area contributed by atoms with Gasteiger partial charge in [-0.25, -0.2) is 0 Å². The smallest absolute Gasteiger partial charge is 0.261 e. The molecule has 0 amide bonds. The van der Waals surface area contributed by atoms with Gasteiger partial charge in [-0.15, -0.1) is 0 Å². The van der Waals surface area contributed by atoms with E-state index in [0.29, 0.717) is 6.26 Å². The molecular weight excluding hydrogens is 260 g/mol. The van der Waals surface area contributed by atoms with Crippen LogP contribution in [0.15, 0.2) is 48.5 Å². The minimum absolute atomic E-state index is 0. The van der Waals surface area contributed by atoms with Crippen molar-refractivity contribution in [1.29, 1.82) is 0 Å². The molecule has 0 aliphatic carbocycles. The Labute approximate surface area is 117 Å². The molecule has 0 atom stereocenters. The summed E-state index contributed by atoms with van der Waals surface area (Å²) in [6.07, 6.45) is 1.97. The van der Waals surface area contributed by atoms with Gasteiger partial charge in [0.05, 0.1) is 6.26 Å². The van der Waals surface area contributed by atoms with Crippen molar-refractivity contribution < 1.29 is 13.0 Å². The van der Waals surface area contributed by atoms with Crippen LogP contribution in [0.2, 0.25) is 0 Å². The van der Waals surface area contributed by atoms with Gasteiger partial charge >= 0.3 is 0 Å². The first-order valence-electron chi connectivity index (χ1n) is 5.74. The van der Waals surface area contributed by atoms with Gasteiger partial charge in [-0.05, 0) is 10.8 Å². The zero-order valence-corrected chi connectivity index (χ0v) is 11.8. The van der Waals surface area contributed by atoms with Crippen molar-refractivity contribution in [2.45, 2.75) is 27.7 Å². The third kappa shape index (κ3) is 12.9. The molecule has 1 N–H and O–H groups in total. The zero-order valence-electron chi connectivity index (χ0n) is 11.0. The van der Waals surface area contributed by atoms with Crippen molar-refractivity contribution in [3.8, 4) is 0 Å². The summed E-state index contributed by atoms with van der Waals surface area (Å²) in [6, 6.07) is 16.7. The highest BCUT2D eigenvalue weighted by Crippen LogP contribution is 2.11. The maximum absolute atomic E-state index is 9.19. The van der Waals surface area contributed by atoms with E-state index in [2.05, 4.69) is 62.4 Å². The molecule has 2 aromatic rings. The van der Waals surface area contributed by atoms with Crippen LogP contribution in [0.25, 0.3) is 10.8 Å². The van der Waals surface area contributed by atoms with Crippen LogP contribution in [0.4, 0.5) is 0 Å². The summed E-state index contributed by atoms with van der Waals surface area (Å²) in [5.41, 5.74) is 0. The van der Waals surface area contributed by atoms with E-state index in [4.69, 9.17) is 4.55 Å². The molecule has 0 bridgehead atoms. The number of fused-ring (bicyclic) bond motifs is 1. The minimum atomic E-state index is -3.67. The van der Waals surface area contributed by atoms with Crippen LogP contribution in [0.3, 0.4) is 0 Å². The summed E-state index contributed by atoms with van der Waals surface area (Å²) < 4.78 is 25.9. The van der Waals surface area contributed by atoms with E-state index in [1.165, 1.54) is 17.2 Å².